The molecule has 2 saturated carbocycles. The molecule has 0 aromatic rings. The minimum atomic E-state index is 0.555. The van der Waals surface area contributed by atoms with Gasteiger partial charge in [0.25, 0.3) is 0 Å². The Morgan fingerprint density at radius 2 is 1.69 bits per heavy atom. The molecule has 0 amide bonds. The van der Waals surface area contributed by atoms with Crippen molar-refractivity contribution in [3.05, 3.63) is 0 Å². The number of ether oxygens (including phenoxy) is 1. The van der Waals surface area contributed by atoms with Gasteiger partial charge in [-0.25, -0.2) is 0 Å². The lowest BCUT2D eigenvalue weighted by Gasteiger charge is -2.34. The third-order valence-corrected chi connectivity index (χ3v) is 4.36. The molecule has 2 nitrogen and oxygen atoms in total. The first-order valence-corrected chi connectivity index (χ1v) is 7.10. The molecule has 2 heteroatoms. The molecular formula is C14H27NO. The van der Waals surface area contributed by atoms with Crippen molar-refractivity contribution in [3.8, 4) is 0 Å². The Labute approximate surface area is 100 Å². The summed E-state index contributed by atoms with van der Waals surface area (Å²) < 4.78 is 6.27. The Morgan fingerprint density at radius 3 is 2.31 bits per heavy atom. The van der Waals surface area contributed by atoms with Crippen molar-refractivity contribution in [2.24, 2.45) is 5.92 Å². The third-order valence-electron chi connectivity index (χ3n) is 4.36. The first-order valence-electron chi connectivity index (χ1n) is 7.10. The van der Waals surface area contributed by atoms with Crippen LogP contribution < -0.4 is 5.32 Å². The summed E-state index contributed by atoms with van der Waals surface area (Å²) in [6.07, 6.45) is 11.6. The van der Waals surface area contributed by atoms with Gasteiger partial charge in [0, 0.05) is 6.04 Å². The number of rotatable bonds is 3. The van der Waals surface area contributed by atoms with Crippen molar-refractivity contribution in [2.75, 3.05) is 7.05 Å². The number of nitrogens with one attached hydrogen (secondary N) is 1. The number of hydrogen-bond donors (Lipinski definition) is 1. The monoisotopic (exact) mass is 225 g/mol. The Balaban J connectivity index is 1.69. The minimum Gasteiger partial charge on any atom is -0.375 e. The molecule has 0 saturated heterocycles. The van der Waals surface area contributed by atoms with E-state index in [1.54, 1.807) is 0 Å². The minimum absolute atomic E-state index is 0.555. The lowest BCUT2D eigenvalue weighted by molar-refractivity contribution is -0.0554. The second-order valence-corrected chi connectivity index (χ2v) is 5.79. The molecular weight excluding hydrogens is 198 g/mol. The normalized spacial score (nSPS) is 40.9. The first kappa shape index (κ1) is 12.4. The van der Waals surface area contributed by atoms with Gasteiger partial charge in [-0.3, -0.25) is 0 Å². The van der Waals surface area contributed by atoms with E-state index < -0.39 is 0 Å². The van der Waals surface area contributed by atoms with Gasteiger partial charge in [0.15, 0.2) is 0 Å². The molecule has 0 spiro atoms. The summed E-state index contributed by atoms with van der Waals surface area (Å²) in [5, 5.41) is 3.38. The summed E-state index contributed by atoms with van der Waals surface area (Å²) in [4.78, 5) is 0. The SMILES string of the molecule is CNC1CCC(OC2CCCC(C)C2)CC1. The molecule has 0 bridgehead atoms. The van der Waals surface area contributed by atoms with Crippen molar-refractivity contribution >= 4 is 0 Å². The van der Waals surface area contributed by atoms with E-state index in [2.05, 4.69) is 19.3 Å². The van der Waals surface area contributed by atoms with Crippen molar-refractivity contribution in [1.29, 1.82) is 0 Å². The van der Waals surface area contributed by atoms with Crippen LogP contribution >= 0.6 is 0 Å². The average molecular weight is 225 g/mol. The maximum Gasteiger partial charge on any atom is 0.0581 e. The molecule has 2 aliphatic carbocycles. The predicted molar refractivity (Wildman–Crippen MR) is 67.6 cm³/mol. The van der Waals surface area contributed by atoms with Crippen LogP contribution in [0.2, 0.25) is 0 Å². The van der Waals surface area contributed by atoms with Gasteiger partial charge in [-0.2, -0.15) is 0 Å². The maximum atomic E-state index is 6.27. The van der Waals surface area contributed by atoms with Crippen molar-refractivity contribution in [3.63, 3.8) is 0 Å². The molecule has 94 valence electrons. The largest absolute Gasteiger partial charge is 0.375 e. The highest BCUT2D eigenvalue weighted by molar-refractivity contribution is 4.79. The van der Waals surface area contributed by atoms with E-state index in [-0.39, 0.29) is 0 Å². The Kier molecular flexibility index (Phi) is 4.66. The first-order chi connectivity index (χ1) is 7.78. The van der Waals surface area contributed by atoms with E-state index in [1.807, 2.05) is 0 Å². The zero-order chi connectivity index (χ0) is 11.4. The summed E-state index contributed by atoms with van der Waals surface area (Å²) >= 11 is 0. The second kappa shape index (κ2) is 6.02. The van der Waals surface area contributed by atoms with E-state index in [0.717, 1.165) is 12.0 Å². The Hall–Kier alpha value is -0.0800. The summed E-state index contributed by atoms with van der Waals surface area (Å²) in [6.45, 7) is 2.37. The quantitative estimate of drug-likeness (QED) is 0.797. The summed E-state index contributed by atoms with van der Waals surface area (Å²) in [5.41, 5.74) is 0. The van der Waals surface area contributed by atoms with Gasteiger partial charge in [0.2, 0.25) is 0 Å². The van der Waals surface area contributed by atoms with E-state index in [0.29, 0.717) is 12.2 Å². The number of hydrogen-bond acceptors (Lipinski definition) is 2. The van der Waals surface area contributed by atoms with Gasteiger partial charge in [0.1, 0.15) is 0 Å². The molecule has 2 rings (SSSR count). The van der Waals surface area contributed by atoms with Gasteiger partial charge in [-0.1, -0.05) is 19.8 Å². The highest BCUT2D eigenvalue weighted by Crippen LogP contribution is 2.29. The lowest BCUT2D eigenvalue weighted by atomic mass is 9.88. The molecule has 2 unspecified atom stereocenters. The fourth-order valence-corrected chi connectivity index (χ4v) is 3.26. The molecule has 0 aromatic carbocycles. The Bertz CT molecular complexity index is 199. The zero-order valence-electron chi connectivity index (χ0n) is 10.9. The molecule has 0 aromatic heterocycles. The van der Waals surface area contributed by atoms with Gasteiger partial charge in [0.05, 0.1) is 12.2 Å². The maximum absolute atomic E-state index is 6.27. The highest BCUT2D eigenvalue weighted by Gasteiger charge is 2.25. The Morgan fingerprint density at radius 1 is 0.938 bits per heavy atom. The van der Waals surface area contributed by atoms with Crippen LogP contribution in [0.5, 0.6) is 0 Å². The third kappa shape index (κ3) is 3.46. The van der Waals surface area contributed by atoms with Gasteiger partial charge >= 0.3 is 0 Å². The van der Waals surface area contributed by atoms with Crippen LogP contribution in [0.4, 0.5) is 0 Å². The van der Waals surface area contributed by atoms with Gasteiger partial charge in [-0.15, -0.1) is 0 Å². The molecule has 0 radical (unpaired) electrons. The van der Waals surface area contributed by atoms with Gasteiger partial charge in [-0.05, 0) is 51.5 Å². The van der Waals surface area contributed by atoms with Crippen LogP contribution in [0.1, 0.15) is 58.3 Å². The molecule has 2 aliphatic rings. The molecule has 0 aliphatic heterocycles. The van der Waals surface area contributed by atoms with Crippen LogP contribution in [0.25, 0.3) is 0 Å². The van der Waals surface area contributed by atoms with Crippen molar-refractivity contribution in [2.45, 2.75) is 76.5 Å². The van der Waals surface area contributed by atoms with E-state index in [9.17, 15) is 0 Å². The fraction of sp³-hybridized carbons (Fsp3) is 1.00. The molecule has 2 fully saturated rings. The highest BCUT2D eigenvalue weighted by atomic mass is 16.5. The molecule has 2 atom stereocenters. The second-order valence-electron chi connectivity index (χ2n) is 5.79. The zero-order valence-corrected chi connectivity index (χ0v) is 10.9. The molecule has 16 heavy (non-hydrogen) atoms. The van der Waals surface area contributed by atoms with Crippen LogP contribution in [-0.4, -0.2) is 25.3 Å². The predicted octanol–water partition coefficient (Wildman–Crippen LogP) is 3.11. The average Bonchev–Trinajstić information content (AvgIpc) is 2.30. The summed E-state index contributed by atoms with van der Waals surface area (Å²) in [5.74, 6) is 0.882. The van der Waals surface area contributed by atoms with Crippen molar-refractivity contribution in [1.82, 2.24) is 5.32 Å². The van der Waals surface area contributed by atoms with E-state index in [4.69, 9.17) is 4.74 Å². The summed E-state index contributed by atoms with van der Waals surface area (Å²) in [6, 6.07) is 0.741. The van der Waals surface area contributed by atoms with Crippen LogP contribution in [0, 0.1) is 5.92 Å². The van der Waals surface area contributed by atoms with E-state index in [1.165, 1.54) is 51.4 Å². The topological polar surface area (TPSA) is 21.3 Å². The fourth-order valence-electron chi connectivity index (χ4n) is 3.26. The van der Waals surface area contributed by atoms with Crippen LogP contribution in [0.3, 0.4) is 0 Å². The van der Waals surface area contributed by atoms with E-state index >= 15 is 0 Å². The molecule has 0 heterocycles. The van der Waals surface area contributed by atoms with Crippen LogP contribution in [-0.2, 0) is 4.74 Å². The van der Waals surface area contributed by atoms with Gasteiger partial charge < -0.3 is 10.1 Å². The molecule has 1 N–H and O–H groups in total. The van der Waals surface area contributed by atoms with Crippen LogP contribution in [0.15, 0.2) is 0 Å². The summed E-state index contributed by atoms with van der Waals surface area (Å²) in [7, 11) is 2.08. The standard InChI is InChI=1S/C14H27NO/c1-11-4-3-5-14(10-11)16-13-8-6-12(15-2)7-9-13/h11-15H,3-10H2,1-2H3. The smallest absolute Gasteiger partial charge is 0.0581 e. The van der Waals surface area contributed by atoms with Crippen molar-refractivity contribution < 1.29 is 4.74 Å². The lowest BCUT2D eigenvalue weighted by Crippen LogP contribution is -2.35.